The molecule has 0 saturated heterocycles. The summed E-state index contributed by atoms with van der Waals surface area (Å²) in [6.07, 6.45) is 3.93. The molecule has 1 fully saturated rings. The maximum atomic E-state index is 11.1. The number of hydrogen-bond acceptors (Lipinski definition) is 3. The van der Waals surface area contributed by atoms with Gasteiger partial charge in [-0.15, -0.1) is 11.3 Å². The fraction of sp³-hybridized carbons (Fsp3) is 0.615. The molecule has 1 aliphatic rings. The molecule has 100 valence electrons. The van der Waals surface area contributed by atoms with Crippen LogP contribution in [0.25, 0.3) is 0 Å². The zero-order valence-corrected chi connectivity index (χ0v) is 12.9. The average Bonchev–Trinajstić information content (AvgIpc) is 2.76. The minimum atomic E-state index is -0.137. The Kier molecular flexibility index (Phi) is 4.81. The van der Waals surface area contributed by atoms with E-state index in [4.69, 9.17) is 5.73 Å². The third-order valence-corrected chi connectivity index (χ3v) is 5.71. The summed E-state index contributed by atoms with van der Waals surface area (Å²) in [4.78, 5) is 12.5. The Morgan fingerprint density at radius 2 is 2.17 bits per heavy atom. The molecule has 1 amide bonds. The topological polar surface area (TPSA) is 55.1 Å². The van der Waals surface area contributed by atoms with Gasteiger partial charge < -0.3 is 11.1 Å². The number of nitrogens with one attached hydrogen (secondary N) is 1. The number of rotatable bonds is 4. The summed E-state index contributed by atoms with van der Waals surface area (Å²) >= 11 is 5.34. The Bertz CT molecular complexity index is 413. The van der Waals surface area contributed by atoms with Crippen molar-refractivity contribution in [3.63, 3.8) is 0 Å². The van der Waals surface area contributed by atoms with Gasteiger partial charge in [0.15, 0.2) is 0 Å². The van der Waals surface area contributed by atoms with Crippen LogP contribution in [0.2, 0.25) is 0 Å². The summed E-state index contributed by atoms with van der Waals surface area (Å²) in [6.45, 7) is 2.19. The second-order valence-corrected chi connectivity index (χ2v) is 6.77. The van der Waals surface area contributed by atoms with Gasteiger partial charge in [0.1, 0.15) is 0 Å². The molecule has 0 radical (unpaired) electrons. The normalized spacial score (nSPS) is 25.9. The smallest absolute Gasteiger partial charge is 0.220 e. The standard InChI is InChI=1S/C13H19BrN2OS/c1-8(12-11(14)6-7-18-12)16-10-4-2-9(3-5-10)13(15)17/h6-10,16H,2-5H2,1H3,(H2,15,17). The molecular formula is C13H19BrN2OS. The van der Waals surface area contributed by atoms with Crippen molar-refractivity contribution in [2.75, 3.05) is 0 Å². The van der Waals surface area contributed by atoms with E-state index >= 15 is 0 Å². The number of amides is 1. The van der Waals surface area contributed by atoms with Crippen LogP contribution in [0.5, 0.6) is 0 Å². The van der Waals surface area contributed by atoms with E-state index in [0.717, 1.165) is 25.7 Å². The molecule has 1 aliphatic carbocycles. The zero-order valence-electron chi connectivity index (χ0n) is 10.5. The highest BCUT2D eigenvalue weighted by Crippen LogP contribution is 2.31. The second-order valence-electron chi connectivity index (χ2n) is 4.97. The molecule has 1 aromatic heterocycles. The summed E-state index contributed by atoms with van der Waals surface area (Å²) in [6, 6.07) is 2.95. The van der Waals surface area contributed by atoms with Crippen molar-refractivity contribution in [3.05, 3.63) is 20.8 Å². The van der Waals surface area contributed by atoms with Crippen LogP contribution >= 0.6 is 27.3 Å². The quantitative estimate of drug-likeness (QED) is 0.890. The van der Waals surface area contributed by atoms with Crippen molar-refractivity contribution < 1.29 is 4.79 Å². The van der Waals surface area contributed by atoms with E-state index in [9.17, 15) is 4.79 Å². The molecule has 3 N–H and O–H groups in total. The molecule has 5 heteroatoms. The summed E-state index contributed by atoms with van der Waals surface area (Å²) in [5.74, 6) is -0.0469. The minimum Gasteiger partial charge on any atom is -0.369 e. The van der Waals surface area contributed by atoms with Crippen molar-refractivity contribution in [1.29, 1.82) is 0 Å². The van der Waals surface area contributed by atoms with Gasteiger partial charge in [-0.2, -0.15) is 0 Å². The molecule has 0 aromatic carbocycles. The van der Waals surface area contributed by atoms with E-state index in [-0.39, 0.29) is 11.8 Å². The van der Waals surface area contributed by atoms with Crippen molar-refractivity contribution in [2.45, 2.75) is 44.7 Å². The van der Waals surface area contributed by atoms with Gasteiger partial charge in [0.05, 0.1) is 0 Å². The van der Waals surface area contributed by atoms with Gasteiger partial charge in [0.25, 0.3) is 0 Å². The van der Waals surface area contributed by atoms with Crippen LogP contribution in [-0.4, -0.2) is 11.9 Å². The van der Waals surface area contributed by atoms with E-state index in [2.05, 4.69) is 39.6 Å². The van der Waals surface area contributed by atoms with Gasteiger partial charge >= 0.3 is 0 Å². The zero-order chi connectivity index (χ0) is 13.1. The van der Waals surface area contributed by atoms with Crippen LogP contribution in [0.1, 0.15) is 43.5 Å². The SMILES string of the molecule is CC(NC1CCC(C(N)=O)CC1)c1sccc1Br. The van der Waals surface area contributed by atoms with E-state index in [1.54, 1.807) is 11.3 Å². The van der Waals surface area contributed by atoms with Crippen molar-refractivity contribution >= 4 is 33.2 Å². The number of carbonyl (C=O) groups is 1. The first-order valence-electron chi connectivity index (χ1n) is 6.36. The summed E-state index contributed by atoms with van der Waals surface area (Å²) in [7, 11) is 0. The third-order valence-electron chi connectivity index (χ3n) is 3.65. The van der Waals surface area contributed by atoms with Gasteiger partial charge in [-0.25, -0.2) is 0 Å². The lowest BCUT2D eigenvalue weighted by Crippen LogP contribution is -2.37. The fourth-order valence-corrected chi connectivity index (χ4v) is 4.32. The van der Waals surface area contributed by atoms with E-state index in [1.165, 1.54) is 9.35 Å². The lowest BCUT2D eigenvalue weighted by Gasteiger charge is -2.29. The third kappa shape index (κ3) is 3.33. The number of hydrogen-bond donors (Lipinski definition) is 2. The van der Waals surface area contributed by atoms with Crippen LogP contribution in [0.15, 0.2) is 15.9 Å². The predicted molar refractivity (Wildman–Crippen MR) is 78.5 cm³/mol. The highest BCUT2D eigenvalue weighted by molar-refractivity contribution is 9.10. The van der Waals surface area contributed by atoms with Gasteiger partial charge in [0, 0.05) is 27.4 Å². The summed E-state index contributed by atoms with van der Waals surface area (Å²) in [5.41, 5.74) is 5.35. The van der Waals surface area contributed by atoms with E-state index in [1.807, 2.05) is 0 Å². The Morgan fingerprint density at radius 1 is 1.50 bits per heavy atom. The molecule has 0 aliphatic heterocycles. The fourth-order valence-electron chi connectivity index (χ4n) is 2.59. The van der Waals surface area contributed by atoms with Crippen molar-refractivity contribution in [2.24, 2.45) is 11.7 Å². The number of thiophene rings is 1. The molecule has 3 nitrogen and oxygen atoms in total. The number of nitrogens with two attached hydrogens (primary N) is 1. The predicted octanol–water partition coefficient (Wildman–Crippen LogP) is 3.21. The molecule has 1 aromatic rings. The molecule has 18 heavy (non-hydrogen) atoms. The lowest BCUT2D eigenvalue weighted by molar-refractivity contribution is -0.122. The minimum absolute atomic E-state index is 0.0897. The summed E-state index contributed by atoms with van der Waals surface area (Å²) < 4.78 is 1.18. The molecular weight excluding hydrogens is 312 g/mol. The van der Waals surface area contributed by atoms with Crippen LogP contribution in [-0.2, 0) is 4.79 Å². The molecule has 0 spiro atoms. The van der Waals surface area contributed by atoms with E-state index < -0.39 is 0 Å². The molecule has 0 bridgehead atoms. The van der Waals surface area contributed by atoms with Crippen LogP contribution < -0.4 is 11.1 Å². The molecule has 2 rings (SSSR count). The van der Waals surface area contributed by atoms with Crippen LogP contribution in [0.3, 0.4) is 0 Å². The van der Waals surface area contributed by atoms with Gasteiger partial charge in [-0.3, -0.25) is 4.79 Å². The van der Waals surface area contributed by atoms with Gasteiger partial charge in [0.2, 0.25) is 5.91 Å². The maximum Gasteiger partial charge on any atom is 0.220 e. The lowest BCUT2D eigenvalue weighted by atomic mass is 9.85. The number of halogens is 1. The van der Waals surface area contributed by atoms with E-state index in [0.29, 0.717) is 12.1 Å². The Morgan fingerprint density at radius 3 is 2.67 bits per heavy atom. The second kappa shape index (κ2) is 6.17. The number of carbonyl (C=O) groups excluding carboxylic acids is 1. The Balaban J connectivity index is 1.85. The summed E-state index contributed by atoms with van der Waals surface area (Å²) in [5, 5.41) is 5.75. The van der Waals surface area contributed by atoms with Crippen LogP contribution in [0, 0.1) is 5.92 Å². The first-order valence-corrected chi connectivity index (χ1v) is 8.03. The van der Waals surface area contributed by atoms with Crippen molar-refractivity contribution in [3.8, 4) is 0 Å². The Hall–Kier alpha value is -0.390. The largest absolute Gasteiger partial charge is 0.369 e. The highest BCUT2D eigenvalue weighted by atomic mass is 79.9. The van der Waals surface area contributed by atoms with Gasteiger partial charge in [-0.1, -0.05) is 0 Å². The molecule has 1 heterocycles. The molecule has 1 unspecified atom stereocenters. The number of primary amides is 1. The van der Waals surface area contributed by atoms with Crippen LogP contribution in [0.4, 0.5) is 0 Å². The molecule has 1 atom stereocenters. The highest BCUT2D eigenvalue weighted by Gasteiger charge is 2.25. The van der Waals surface area contributed by atoms with Crippen molar-refractivity contribution in [1.82, 2.24) is 5.32 Å². The molecule has 1 saturated carbocycles. The Labute approximate surface area is 120 Å². The monoisotopic (exact) mass is 330 g/mol. The maximum absolute atomic E-state index is 11.1. The first-order chi connectivity index (χ1) is 8.58. The van der Waals surface area contributed by atoms with Gasteiger partial charge in [-0.05, 0) is 60.0 Å². The first kappa shape index (κ1) is 14.0. The average molecular weight is 331 g/mol.